The van der Waals surface area contributed by atoms with E-state index < -0.39 is 0 Å². The normalized spacial score (nSPS) is 12.3. The van der Waals surface area contributed by atoms with Crippen LogP contribution in [0.5, 0.6) is 0 Å². The van der Waals surface area contributed by atoms with Crippen LogP contribution in [-0.2, 0) is 0 Å². The highest BCUT2D eigenvalue weighted by atomic mass is 35.5. The van der Waals surface area contributed by atoms with Crippen molar-refractivity contribution >= 4 is 28.3 Å². The van der Waals surface area contributed by atoms with Gasteiger partial charge in [-0.25, -0.2) is 4.98 Å². The molecule has 0 saturated carbocycles. The van der Waals surface area contributed by atoms with Gasteiger partial charge in [0.25, 0.3) is 0 Å². The number of nitrogens with zero attached hydrogens (tertiary/aromatic N) is 3. The summed E-state index contributed by atoms with van der Waals surface area (Å²) in [5.41, 5.74) is 5.91. The lowest BCUT2D eigenvalue weighted by molar-refractivity contribution is 0.805. The molecule has 2 aliphatic rings. The second-order valence-corrected chi connectivity index (χ2v) is 7.18. The van der Waals surface area contributed by atoms with E-state index in [0.717, 1.165) is 44.2 Å². The average molecular weight is 377 g/mol. The summed E-state index contributed by atoms with van der Waals surface area (Å²) in [5, 5.41) is 4.90. The molecule has 1 aliphatic heterocycles. The van der Waals surface area contributed by atoms with Gasteiger partial charge >= 0.3 is 0 Å². The Hall–Kier alpha value is -2.85. The number of rotatable bonds is 3. The second kappa shape index (κ2) is 7.05. The van der Waals surface area contributed by atoms with Gasteiger partial charge in [0.1, 0.15) is 0 Å². The molecule has 136 valence electrons. The van der Waals surface area contributed by atoms with E-state index in [1.165, 1.54) is 0 Å². The van der Waals surface area contributed by atoms with Gasteiger partial charge in [-0.2, -0.15) is 0 Å². The topological polar surface area (TPSA) is 42.2 Å². The summed E-state index contributed by atoms with van der Waals surface area (Å²) in [5.74, 6) is 0. The summed E-state index contributed by atoms with van der Waals surface area (Å²) < 4.78 is 2.22. The van der Waals surface area contributed by atoms with E-state index in [1.54, 1.807) is 0 Å². The van der Waals surface area contributed by atoms with Crippen LogP contribution in [0.3, 0.4) is 0 Å². The molecule has 0 aromatic heterocycles. The molecular formula is C22H21ClN4. The van der Waals surface area contributed by atoms with E-state index >= 15 is 0 Å². The van der Waals surface area contributed by atoms with Crippen molar-refractivity contribution in [3.8, 4) is 17.1 Å². The summed E-state index contributed by atoms with van der Waals surface area (Å²) >= 11 is 6.11. The first kappa shape index (κ1) is 17.6. The van der Waals surface area contributed by atoms with Crippen LogP contribution in [-0.4, -0.2) is 22.6 Å². The fraction of sp³-hybridized carbons (Fsp3) is 0.182. The van der Waals surface area contributed by atoms with Crippen LogP contribution in [0.25, 0.3) is 28.1 Å². The number of benzene rings is 3. The minimum atomic E-state index is 0.201. The molecule has 1 N–H and O–H groups in total. The number of halogens is 1. The molecule has 27 heavy (non-hydrogen) atoms. The maximum Gasteiger partial charge on any atom is 0.0900 e. The predicted molar refractivity (Wildman–Crippen MR) is 113 cm³/mol. The molecule has 2 aromatic carbocycles. The Kier molecular flexibility index (Phi) is 4.58. The number of nitrogens with one attached hydrogen (secondary N) is 1. The zero-order valence-electron chi connectivity index (χ0n) is 15.6. The van der Waals surface area contributed by atoms with E-state index in [1.807, 2.05) is 49.5 Å². The Morgan fingerprint density at radius 1 is 1.04 bits per heavy atom. The summed E-state index contributed by atoms with van der Waals surface area (Å²) in [7, 11) is 1.91. The van der Waals surface area contributed by atoms with Gasteiger partial charge in [-0.3, -0.25) is 4.99 Å². The zero-order chi connectivity index (χ0) is 19.0. The SMILES string of the molecule is CNc1cc2nc3ccccc3n(-c3ccc(Cl)cc3)c-2cc1=NC(C)C. The molecule has 1 aliphatic carbocycles. The Morgan fingerprint density at radius 3 is 2.48 bits per heavy atom. The summed E-state index contributed by atoms with van der Waals surface area (Å²) in [4.78, 5) is 9.67. The van der Waals surface area contributed by atoms with Crippen molar-refractivity contribution in [2.45, 2.75) is 19.9 Å². The van der Waals surface area contributed by atoms with Crippen LogP contribution in [0, 0.1) is 0 Å². The van der Waals surface area contributed by atoms with Crippen molar-refractivity contribution in [1.29, 1.82) is 0 Å². The highest BCUT2D eigenvalue weighted by Gasteiger charge is 2.16. The molecule has 0 bridgehead atoms. The third-order valence-corrected chi connectivity index (χ3v) is 4.70. The van der Waals surface area contributed by atoms with Gasteiger partial charge in [0.2, 0.25) is 0 Å². The lowest BCUT2D eigenvalue weighted by Crippen LogP contribution is -2.16. The van der Waals surface area contributed by atoms with E-state index in [2.05, 4.69) is 41.9 Å². The number of hydrogen-bond acceptors (Lipinski definition) is 3. The quantitative estimate of drug-likeness (QED) is 0.503. The molecule has 0 radical (unpaired) electrons. The van der Waals surface area contributed by atoms with Gasteiger partial charge in [0.05, 0.1) is 33.5 Å². The Morgan fingerprint density at radius 2 is 1.78 bits per heavy atom. The van der Waals surface area contributed by atoms with Gasteiger partial charge in [-0.15, -0.1) is 0 Å². The molecule has 0 spiro atoms. The maximum atomic E-state index is 6.11. The molecule has 0 unspecified atom stereocenters. The number of aromatic nitrogens is 2. The molecular weight excluding hydrogens is 356 g/mol. The van der Waals surface area contributed by atoms with Crippen LogP contribution in [0.15, 0.2) is 65.7 Å². The molecule has 4 rings (SSSR count). The van der Waals surface area contributed by atoms with Gasteiger partial charge in [0, 0.05) is 23.8 Å². The second-order valence-electron chi connectivity index (χ2n) is 6.74. The lowest BCUT2D eigenvalue weighted by Gasteiger charge is -2.20. The number of hydrogen-bond donors (Lipinski definition) is 1. The van der Waals surface area contributed by atoms with Crippen LogP contribution in [0.2, 0.25) is 5.02 Å². The highest BCUT2D eigenvalue weighted by molar-refractivity contribution is 6.30. The predicted octanol–water partition coefficient (Wildman–Crippen LogP) is 5.13. The van der Waals surface area contributed by atoms with E-state index in [-0.39, 0.29) is 6.04 Å². The molecule has 1 heterocycles. The fourth-order valence-corrected chi connectivity index (χ4v) is 3.42. The minimum absolute atomic E-state index is 0.201. The van der Waals surface area contributed by atoms with E-state index in [9.17, 15) is 0 Å². The van der Waals surface area contributed by atoms with Gasteiger partial charge in [-0.1, -0.05) is 23.7 Å². The smallest absolute Gasteiger partial charge is 0.0900 e. The van der Waals surface area contributed by atoms with Crippen LogP contribution in [0.4, 0.5) is 5.69 Å². The van der Waals surface area contributed by atoms with E-state index in [0.29, 0.717) is 0 Å². The van der Waals surface area contributed by atoms with Crippen LogP contribution in [0.1, 0.15) is 13.8 Å². The summed E-state index contributed by atoms with van der Waals surface area (Å²) in [6.07, 6.45) is 0. The van der Waals surface area contributed by atoms with Crippen LogP contribution >= 0.6 is 11.6 Å². The molecule has 0 saturated heterocycles. The van der Waals surface area contributed by atoms with Crippen molar-refractivity contribution in [1.82, 2.24) is 9.55 Å². The first-order chi connectivity index (χ1) is 13.1. The minimum Gasteiger partial charge on any atom is -0.386 e. The van der Waals surface area contributed by atoms with Gasteiger partial charge in [0.15, 0.2) is 0 Å². The van der Waals surface area contributed by atoms with Crippen molar-refractivity contribution < 1.29 is 0 Å². The molecule has 0 atom stereocenters. The van der Waals surface area contributed by atoms with Crippen LogP contribution < -0.4 is 10.7 Å². The Bertz CT molecular complexity index is 1140. The highest BCUT2D eigenvalue weighted by Crippen LogP contribution is 2.30. The summed E-state index contributed by atoms with van der Waals surface area (Å²) in [6.45, 7) is 4.16. The lowest BCUT2D eigenvalue weighted by atomic mass is 10.1. The third kappa shape index (κ3) is 3.28. The Balaban J connectivity index is 2.15. The van der Waals surface area contributed by atoms with Gasteiger partial charge in [-0.05, 0) is 62.4 Å². The number of anilines is 1. The molecule has 0 fully saturated rings. The van der Waals surface area contributed by atoms with Crippen molar-refractivity contribution in [3.63, 3.8) is 0 Å². The standard InChI is InChI=1S/C22H21ClN4/c1-14(2)25-19-13-22-20(12-18(19)24-3)26-17-6-4-5-7-21(17)27(22)16-10-8-15(23)9-11-16/h4-14,24H,1-3H3. The van der Waals surface area contributed by atoms with Crippen molar-refractivity contribution in [2.75, 3.05) is 12.4 Å². The summed E-state index contributed by atoms with van der Waals surface area (Å²) in [6, 6.07) is 20.4. The Labute approximate surface area is 163 Å². The molecule has 5 heteroatoms. The maximum absolute atomic E-state index is 6.11. The van der Waals surface area contributed by atoms with E-state index in [4.69, 9.17) is 21.6 Å². The van der Waals surface area contributed by atoms with Crippen molar-refractivity contribution in [3.05, 3.63) is 71.0 Å². The third-order valence-electron chi connectivity index (χ3n) is 4.45. The number of para-hydroxylation sites is 2. The van der Waals surface area contributed by atoms with Crippen molar-refractivity contribution in [2.24, 2.45) is 4.99 Å². The zero-order valence-corrected chi connectivity index (χ0v) is 16.3. The molecule has 0 amide bonds. The fourth-order valence-electron chi connectivity index (χ4n) is 3.30. The monoisotopic (exact) mass is 376 g/mol. The largest absolute Gasteiger partial charge is 0.386 e. The average Bonchev–Trinajstić information content (AvgIpc) is 2.66. The number of fused-ring (bicyclic) bond motifs is 2. The molecule has 2 aromatic rings. The first-order valence-electron chi connectivity index (χ1n) is 9.00. The van der Waals surface area contributed by atoms with Gasteiger partial charge < -0.3 is 9.88 Å². The molecule has 4 nitrogen and oxygen atoms in total. The first-order valence-corrected chi connectivity index (χ1v) is 9.37.